The van der Waals surface area contributed by atoms with Gasteiger partial charge in [0, 0.05) is 19.4 Å². The van der Waals surface area contributed by atoms with Crippen LogP contribution in [0.4, 0.5) is 0 Å². The molecule has 0 bridgehead atoms. The first-order valence-electron chi connectivity index (χ1n) is 10.7. The number of carbonyl (C=O) groups excluding carboxylic acids is 1. The largest absolute Gasteiger partial charge is 0.637 e. The molecular formula is C23H34NO3P. The molecule has 1 saturated carbocycles. The summed E-state index contributed by atoms with van der Waals surface area (Å²) in [5, 5.41) is 0. The fourth-order valence-electron chi connectivity index (χ4n) is 4.54. The van der Waals surface area contributed by atoms with E-state index in [1.165, 1.54) is 12.8 Å². The van der Waals surface area contributed by atoms with Crippen LogP contribution in [0.1, 0.15) is 70.5 Å². The molecule has 1 aliphatic carbocycles. The molecule has 0 amide bonds. The van der Waals surface area contributed by atoms with Gasteiger partial charge >= 0.3 is 0 Å². The zero-order chi connectivity index (χ0) is 20.1. The van der Waals surface area contributed by atoms with Gasteiger partial charge < -0.3 is 4.89 Å². The number of carbonyl (C=O) groups is 1. The second-order valence-corrected chi connectivity index (χ2v) is 10.6. The Bertz CT molecular complexity index is 680. The zero-order valence-electron chi connectivity index (χ0n) is 17.4. The summed E-state index contributed by atoms with van der Waals surface area (Å²) in [5.74, 6) is 2.78. The van der Waals surface area contributed by atoms with Gasteiger partial charge in [-0.2, -0.15) is 4.67 Å². The van der Waals surface area contributed by atoms with Gasteiger partial charge in [0.15, 0.2) is 0 Å². The van der Waals surface area contributed by atoms with Gasteiger partial charge in [0.2, 0.25) is 7.87 Å². The van der Waals surface area contributed by atoms with Crippen molar-refractivity contribution in [2.45, 2.75) is 70.9 Å². The van der Waals surface area contributed by atoms with Crippen LogP contribution in [0.25, 0.3) is 0 Å². The van der Waals surface area contributed by atoms with Crippen molar-refractivity contribution >= 4 is 13.7 Å². The molecule has 0 radical (unpaired) electrons. The van der Waals surface area contributed by atoms with Gasteiger partial charge in [0.05, 0.1) is 11.9 Å². The quantitative estimate of drug-likeness (QED) is 0.438. The molecular weight excluding hydrogens is 369 g/mol. The number of nitrogens with zero attached hydrogens (tertiary/aromatic N) is 1. The SMILES string of the molecule is CCCCC[C@@H]1C(=O)CC[C@H]1C/C=C/[P+]1([O-])O[C@H](c2ccccc2)[C@H](C)N1C. The molecule has 2 aliphatic rings. The monoisotopic (exact) mass is 403 g/mol. The molecule has 0 aromatic heterocycles. The molecule has 1 unspecified atom stereocenters. The lowest BCUT2D eigenvalue weighted by atomic mass is 9.88. The first-order valence-corrected chi connectivity index (χ1v) is 12.4. The first kappa shape index (κ1) is 21.6. The smallest absolute Gasteiger partial charge is 0.201 e. The van der Waals surface area contributed by atoms with Gasteiger partial charge in [-0.25, -0.2) is 4.52 Å². The van der Waals surface area contributed by atoms with E-state index in [4.69, 9.17) is 4.52 Å². The summed E-state index contributed by atoms with van der Waals surface area (Å²) in [7, 11) is -1.11. The van der Waals surface area contributed by atoms with Gasteiger partial charge in [-0.15, -0.1) is 0 Å². The topological polar surface area (TPSA) is 52.6 Å². The van der Waals surface area contributed by atoms with Crippen molar-refractivity contribution < 1.29 is 14.2 Å². The molecule has 1 aromatic rings. The number of rotatable bonds is 8. The van der Waals surface area contributed by atoms with Crippen LogP contribution in [0.5, 0.6) is 0 Å². The summed E-state index contributed by atoms with van der Waals surface area (Å²) >= 11 is 0. The summed E-state index contributed by atoms with van der Waals surface area (Å²) in [4.78, 5) is 25.7. The summed E-state index contributed by atoms with van der Waals surface area (Å²) in [5.41, 5.74) is 1.06. The lowest BCUT2D eigenvalue weighted by Crippen LogP contribution is -2.28. The predicted molar refractivity (Wildman–Crippen MR) is 114 cm³/mol. The van der Waals surface area contributed by atoms with Gasteiger partial charge in [-0.3, -0.25) is 4.79 Å². The highest BCUT2D eigenvalue weighted by molar-refractivity contribution is 7.65. The highest BCUT2D eigenvalue weighted by Gasteiger charge is 2.49. The Kier molecular flexibility index (Phi) is 7.44. The van der Waals surface area contributed by atoms with Crippen LogP contribution < -0.4 is 4.89 Å². The Hall–Kier alpha value is -1.06. The minimum atomic E-state index is -2.99. The Balaban J connectivity index is 1.62. The highest BCUT2D eigenvalue weighted by atomic mass is 31.2. The van der Waals surface area contributed by atoms with Gasteiger partial charge in [-0.1, -0.05) is 56.5 Å². The van der Waals surface area contributed by atoms with Crippen LogP contribution in [0, 0.1) is 11.8 Å². The van der Waals surface area contributed by atoms with E-state index in [-0.39, 0.29) is 18.1 Å². The molecule has 1 aromatic carbocycles. The van der Waals surface area contributed by atoms with Crippen LogP contribution in [-0.2, 0) is 9.32 Å². The molecule has 1 saturated heterocycles. The second-order valence-electron chi connectivity index (χ2n) is 8.30. The molecule has 1 aliphatic heterocycles. The van der Waals surface area contributed by atoms with E-state index in [1.54, 1.807) is 5.82 Å². The third kappa shape index (κ3) is 4.74. The lowest BCUT2D eigenvalue weighted by Gasteiger charge is -2.27. The Morgan fingerprint density at radius 2 is 2.04 bits per heavy atom. The number of Topliss-reactive ketones (excluding diaryl/α,β-unsaturated/α-hetero) is 1. The third-order valence-corrected chi connectivity index (χ3v) is 8.82. The second kappa shape index (κ2) is 9.63. The van der Waals surface area contributed by atoms with Crippen molar-refractivity contribution in [3.8, 4) is 0 Å². The van der Waals surface area contributed by atoms with E-state index in [9.17, 15) is 9.69 Å². The van der Waals surface area contributed by atoms with Crippen LogP contribution in [0.3, 0.4) is 0 Å². The molecule has 154 valence electrons. The van der Waals surface area contributed by atoms with Crippen LogP contribution in [0.15, 0.2) is 42.2 Å². The summed E-state index contributed by atoms with van der Waals surface area (Å²) < 4.78 is 7.95. The highest BCUT2D eigenvalue weighted by Crippen LogP contribution is 2.66. The van der Waals surface area contributed by atoms with Gasteiger partial charge in [-0.05, 0) is 43.7 Å². The number of benzene rings is 1. The maximum Gasteiger partial charge on any atom is 0.201 e. The summed E-state index contributed by atoms with van der Waals surface area (Å²) in [6.07, 6.45) is 8.82. The Morgan fingerprint density at radius 1 is 1.29 bits per heavy atom. The van der Waals surface area contributed by atoms with E-state index in [1.807, 2.05) is 48.1 Å². The number of hydrogen-bond donors (Lipinski definition) is 0. The summed E-state index contributed by atoms with van der Waals surface area (Å²) in [6.45, 7) is 4.25. The van der Waals surface area contributed by atoms with E-state index in [0.29, 0.717) is 18.1 Å². The molecule has 3 rings (SSSR count). The minimum Gasteiger partial charge on any atom is -0.637 e. The Morgan fingerprint density at radius 3 is 2.75 bits per heavy atom. The van der Waals surface area contributed by atoms with Crippen LogP contribution in [0.2, 0.25) is 0 Å². The fourth-order valence-corrected chi connectivity index (χ4v) is 6.61. The molecule has 4 nitrogen and oxygen atoms in total. The molecule has 0 spiro atoms. The fraction of sp³-hybridized carbons (Fsp3) is 0.609. The standard InChI is InChI=1S/C23H34NO3P/c1-4-5-7-14-21-19(15-16-22(21)25)13-10-17-28(26)24(3)18(2)23(27-28)20-11-8-6-9-12-20/h6,8-12,17-19,21,23H,4-5,7,13-16H2,1-3H3/b17-10+/t18-,19+,21-,23-,28?/m0/s1. The molecule has 28 heavy (non-hydrogen) atoms. The molecule has 1 heterocycles. The normalized spacial score (nSPS) is 33.9. The number of hydrogen-bond acceptors (Lipinski definition) is 4. The average molecular weight is 404 g/mol. The minimum absolute atomic E-state index is 0.0488. The molecule has 2 fully saturated rings. The van der Waals surface area contributed by atoms with Crippen molar-refractivity contribution in [2.24, 2.45) is 11.8 Å². The van der Waals surface area contributed by atoms with Crippen molar-refractivity contribution in [2.75, 3.05) is 7.05 Å². The molecule has 0 N–H and O–H groups in total. The lowest BCUT2D eigenvalue weighted by molar-refractivity contribution is -0.196. The van der Waals surface area contributed by atoms with Crippen LogP contribution >= 0.6 is 7.87 Å². The molecule has 5 atom stereocenters. The average Bonchev–Trinajstić information content (AvgIpc) is 3.16. The van der Waals surface area contributed by atoms with Crippen molar-refractivity contribution in [1.82, 2.24) is 4.67 Å². The number of likely N-dealkylation sites (N-methyl/N-ethyl adjacent to an activating group) is 1. The summed E-state index contributed by atoms with van der Waals surface area (Å²) in [6, 6.07) is 10.1. The third-order valence-electron chi connectivity index (χ3n) is 6.46. The Labute approximate surface area is 170 Å². The number of allylic oxidation sites excluding steroid dienone is 1. The van der Waals surface area contributed by atoms with E-state index in [0.717, 1.165) is 31.2 Å². The first-order chi connectivity index (χ1) is 13.5. The van der Waals surface area contributed by atoms with Crippen molar-refractivity contribution in [1.29, 1.82) is 0 Å². The van der Waals surface area contributed by atoms with Crippen LogP contribution in [-0.4, -0.2) is 23.5 Å². The van der Waals surface area contributed by atoms with Crippen molar-refractivity contribution in [3.05, 3.63) is 47.8 Å². The van der Waals surface area contributed by atoms with E-state index >= 15 is 0 Å². The van der Waals surface area contributed by atoms with Gasteiger partial charge in [0.1, 0.15) is 11.9 Å². The van der Waals surface area contributed by atoms with E-state index in [2.05, 4.69) is 13.8 Å². The van der Waals surface area contributed by atoms with Gasteiger partial charge in [0.25, 0.3) is 0 Å². The zero-order valence-corrected chi connectivity index (χ0v) is 18.3. The molecule has 5 heteroatoms. The van der Waals surface area contributed by atoms with Crippen molar-refractivity contribution in [3.63, 3.8) is 0 Å². The maximum atomic E-state index is 13.4. The number of unbranched alkanes of at least 4 members (excludes halogenated alkanes) is 2. The maximum absolute atomic E-state index is 13.4. The number of ketones is 1. The van der Waals surface area contributed by atoms with E-state index < -0.39 is 7.87 Å². The predicted octanol–water partition coefficient (Wildman–Crippen LogP) is 5.28.